The second-order valence-corrected chi connectivity index (χ2v) is 7.45. The van der Waals surface area contributed by atoms with Crippen molar-refractivity contribution in [2.75, 3.05) is 6.61 Å². The molecular formula is C17H29NO6. The minimum Gasteiger partial charge on any atom is -0.388 e. The van der Waals surface area contributed by atoms with Crippen molar-refractivity contribution in [3.8, 4) is 0 Å². The van der Waals surface area contributed by atoms with Crippen LogP contribution in [0.4, 0.5) is 0 Å². The Kier molecular flexibility index (Phi) is 5.46. The summed E-state index contributed by atoms with van der Waals surface area (Å²) in [5, 5.41) is 13.6. The first-order chi connectivity index (χ1) is 11.4. The van der Waals surface area contributed by atoms with E-state index in [9.17, 15) is 9.90 Å². The topological polar surface area (TPSA) is 86.3 Å². The largest absolute Gasteiger partial charge is 0.388 e. The van der Waals surface area contributed by atoms with Gasteiger partial charge in [-0.3, -0.25) is 4.79 Å². The SMILES string of the molecule is CC(=O)NC1C(O)[C@H]2OC(C)(C)OCC2O[C@H]1OC1CCCCC1. The van der Waals surface area contributed by atoms with E-state index in [1.807, 2.05) is 0 Å². The lowest BCUT2D eigenvalue weighted by molar-refractivity contribution is -0.372. The molecule has 0 aromatic rings. The van der Waals surface area contributed by atoms with E-state index in [4.69, 9.17) is 18.9 Å². The fourth-order valence-corrected chi connectivity index (χ4v) is 3.74. The van der Waals surface area contributed by atoms with Gasteiger partial charge >= 0.3 is 0 Å². The third-order valence-corrected chi connectivity index (χ3v) is 4.94. The summed E-state index contributed by atoms with van der Waals surface area (Å²) < 4.78 is 23.6. The predicted octanol–water partition coefficient (Wildman–Crippen LogP) is 1.08. The van der Waals surface area contributed by atoms with Crippen LogP contribution in [0, 0.1) is 0 Å². The molecule has 1 saturated carbocycles. The summed E-state index contributed by atoms with van der Waals surface area (Å²) in [6, 6.07) is -0.653. The van der Waals surface area contributed by atoms with Crippen LogP contribution < -0.4 is 5.32 Å². The summed E-state index contributed by atoms with van der Waals surface area (Å²) in [5.74, 6) is -1.02. The van der Waals surface area contributed by atoms with E-state index in [1.165, 1.54) is 13.3 Å². The molecule has 1 amide bonds. The van der Waals surface area contributed by atoms with Gasteiger partial charge in [-0.15, -0.1) is 0 Å². The zero-order valence-corrected chi connectivity index (χ0v) is 14.7. The average molecular weight is 343 g/mol. The minimum atomic E-state index is -0.913. The maximum absolute atomic E-state index is 11.6. The number of rotatable bonds is 3. The smallest absolute Gasteiger partial charge is 0.217 e. The zero-order valence-electron chi connectivity index (χ0n) is 14.7. The molecule has 7 nitrogen and oxygen atoms in total. The van der Waals surface area contributed by atoms with Gasteiger partial charge in [-0.2, -0.15) is 0 Å². The highest BCUT2D eigenvalue weighted by molar-refractivity contribution is 5.73. The Balaban J connectivity index is 1.73. The molecule has 24 heavy (non-hydrogen) atoms. The maximum Gasteiger partial charge on any atom is 0.217 e. The first kappa shape index (κ1) is 18.1. The highest BCUT2D eigenvalue weighted by atomic mass is 16.8. The van der Waals surface area contributed by atoms with Gasteiger partial charge in [0.2, 0.25) is 5.91 Å². The van der Waals surface area contributed by atoms with Gasteiger partial charge < -0.3 is 29.4 Å². The van der Waals surface area contributed by atoms with Crippen LogP contribution in [0.1, 0.15) is 52.9 Å². The molecule has 0 aromatic carbocycles. The Labute approximate surface area is 143 Å². The van der Waals surface area contributed by atoms with Crippen molar-refractivity contribution in [1.29, 1.82) is 0 Å². The van der Waals surface area contributed by atoms with Gasteiger partial charge in [0.15, 0.2) is 12.1 Å². The average Bonchev–Trinajstić information content (AvgIpc) is 2.52. The first-order valence-corrected chi connectivity index (χ1v) is 8.93. The fourth-order valence-electron chi connectivity index (χ4n) is 3.74. The van der Waals surface area contributed by atoms with Crippen LogP contribution in [-0.2, 0) is 23.7 Å². The van der Waals surface area contributed by atoms with Crippen LogP contribution in [0.3, 0.4) is 0 Å². The van der Waals surface area contributed by atoms with Crippen molar-refractivity contribution in [3.63, 3.8) is 0 Å². The normalized spacial score (nSPS) is 39.9. The first-order valence-electron chi connectivity index (χ1n) is 8.93. The number of hydrogen-bond acceptors (Lipinski definition) is 6. The maximum atomic E-state index is 11.6. The fraction of sp³-hybridized carbons (Fsp3) is 0.941. The van der Waals surface area contributed by atoms with E-state index in [2.05, 4.69) is 5.32 Å². The van der Waals surface area contributed by atoms with Gasteiger partial charge in [0.05, 0.1) is 12.7 Å². The van der Waals surface area contributed by atoms with Gasteiger partial charge in [-0.25, -0.2) is 0 Å². The standard InChI is InChI=1S/C17H29NO6/c1-10(19)18-13-14(20)15-12(9-21-17(2,3)24-15)23-16(13)22-11-7-5-4-6-8-11/h11-16,20H,4-9H2,1-3H3,(H,18,19)/t12?,13?,14?,15-,16+/m0/s1. The van der Waals surface area contributed by atoms with Crippen LogP contribution in [-0.4, -0.2) is 60.2 Å². The van der Waals surface area contributed by atoms with Crippen LogP contribution >= 0.6 is 0 Å². The molecule has 3 aliphatic rings. The second-order valence-electron chi connectivity index (χ2n) is 7.45. The zero-order chi connectivity index (χ0) is 17.3. The molecule has 0 aromatic heterocycles. The van der Waals surface area contributed by atoms with E-state index in [-0.39, 0.29) is 12.0 Å². The van der Waals surface area contributed by atoms with Crippen LogP contribution in [0.5, 0.6) is 0 Å². The lowest BCUT2D eigenvalue weighted by Gasteiger charge is -2.50. The Morgan fingerprint density at radius 2 is 1.96 bits per heavy atom. The number of nitrogens with one attached hydrogen (secondary N) is 1. The molecule has 0 spiro atoms. The van der Waals surface area contributed by atoms with Crippen LogP contribution in [0.15, 0.2) is 0 Å². The minimum absolute atomic E-state index is 0.102. The monoisotopic (exact) mass is 343 g/mol. The van der Waals surface area contributed by atoms with Crippen molar-refractivity contribution >= 4 is 5.91 Å². The van der Waals surface area contributed by atoms with E-state index in [0.29, 0.717) is 6.61 Å². The van der Waals surface area contributed by atoms with Crippen molar-refractivity contribution in [2.45, 2.75) is 95.4 Å². The highest BCUT2D eigenvalue weighted by Crippen LogP contribution is 2.34. The van der Waals surface area contributed by atoms with E-state index in [1.54, 1.807) is 13.8 Å². The van der Waals surface area contributed by atoms with Gasteiger partial charge in [0.1, 0.15) is 24.4 Å². The summed E-state index contributed by atoms with van der Waals surface area (Å²) in [7, 11) is 0. The van der Waals surface area contributed by atoms with Crippen molar-refractivity contribution in [3.05, 3.63) is 0 Å². The molecule has 7 heteroatoms. The van der Waals surface area contributed by atoms with E-state index < -0.39 is 36.4 Å². The predicted molar refractivity (Wildman–Crippen MR) is 85.1 cm³/mol. The molecule has 138 valence electrons. The Bertz CT molecular complexity index is 450. The summed E-state index contributed by atoms with van der Waals surface area (Å²) in [6.07, 6.45) is 2.99. The molecule has 3 unspecified atom stereocenters. The number of amides is 1. The van der Waals surface area contributed by atoms with Gasteiger partial charge in [0, 0.05) is 6.92 Å². The van der Waals surface area contributed by atoms with Gasteiger partial charge in [-0.1, -0.05) is 19.3 Å². The molecule has 2 aliphatic heterocycles. The highest BCUT2D eigenvalue weighted by Gasteiger charge is 2.51. The number of hydrogen-bond donors (Lipinski definition) is 2. The number of fused-ring (bicyclic) bond motifs is 1. The summed E-state index contributed by atoms with van der Waals surface area (Å²) in [6.45, 7) is 5.35. The number of carbonyl (C=O) groups is 1. The lowest BCUT2D eigenvalue weighted by atomic mass is 9.94. The number of aliphatic hydroxyl groups excluding tert-OH is 1. The number of ether oxygens (including phenoxy) is 4. The molecule has 0 bridgehead atoms. The van der Waals surface area contributed by atoms with Crippen molar-refractivity contribution in [2.24, 2.45) is 0 Å². The molecule has 5 atom stereocenters. The summed E-state index contributed by atoms with van der Waals surface area (Å²) in [5.41, 5.74) is 0. The Hall–Kier alpha value is -0.730. The molecule has 2 N–H and O–H groups in total. The molecule has 2 saturated heterocycles. The van der Waals surface area contributed by atoms with Crippen LogP contribution in [0.2, 0.25) is 0 Å². The van der Waals surface area contributed by atoms with E-state index >= 15 is 0 Å². The molecule has 2 heterocycles. The third-order valence-electron chi connectivity index (χ3n) is 4.94. The third kappa shape index (κ3) is 4.08. The van der Waals surface area contributed by atoms with E-state index in [0.717, 1.165) is 25.7 Å². The molecule has 1 aliphatic carbocycles. The number of carbonyl (C=O) groups excluding carboxylic acids is 1. The van der Waals surface area contributed by atoms with Gasteiger partial charge in [0.25, 0.3) is 0 Å². The number of aliphatic hydroxyl groups is 1. The Morgan fingerprint density at radius 3 is 2.62 bits per heavy atom. The molecule has 0 radical (unpaired) electrons. The summed E-state index contributed by atoms with van der Waals surface area (Å²) in [4.78, 5) is 11.6. The van der Waals surface area contributed by atoms with Crippen molar-refractivity contribution in [1.82, 2.24) is 5.32 Å². The summed E-state index contributed by atoms with van der Waals surface area (Å²) >= 11 is 0. The lowest BCUT2D eigenvalue weighted by Crippen LogP contribution is -2.68. The molecule has 3 rings (SSSR count). The second kappa shape index (κ2) is 7.25. The van der Waals surface area contributed by atoms with Crippen molar-refractivity contribution < 1.29 is 28.8 Å². The molecular weight excluding hydrogens is 314 g/mol. The van der Waals surface area contributed by atoms with Crippen LogP contribution in [0.25, 0.3) is 0 Å². The van der Waals surface area contributed by atoms with Gasteiger partial charge in [-0.05, 0) is 26.7 Å². The quantitative estimate of drug-likeness (QED) is 0.797. The molecule has 3 fully saturated rings. The Morgan fingerprint density at radius 1 is 1.25 bits per heavy atom.